The summed E-state index contributed by atoms with van der Waals surface area (Å²) in [5, 5.41) is 0. The van der Waals surface area contributed by atoms with Crippen LogP contribution in [0.5, 0.6) is 0 Å². The number of carbonyl (C=O) groups is 2. The monoisotopic (exact) mass is 385 g/mol. The molecule has 5 nitrogen and oxygen atoms in total. The number of hydrogen-bond donors (Lipinski definition) is 0. The van der Waals surface area contributed by atoms with Crippen molar-refractivity contribution in [1.29, 1.82) is 0 Å². The summed E-state index contributed by atoms with van der Waals surface area (Å²) in [6.45, 7) is 3.33. The van der Waals surface area contributed by atoms with Gasteiger partial charge in [-0.05, 0) is 37.5 Å². The van der Waals surface area contributed by atoms with Gasteiger partial charge in [0.05, 0.1) is 6.54 Å². The number of nitrogens with zero attached hydrogens (tertiary/aromatic N) is 3. The second kappa shape index (κ2) is 8.57. The van der Waals surface area contributed by atoms with Crippen molar-refractivity contribution >= 4 is 23.3 Å². The van der Waals surface area contributed by atoms with E-state index in [-0.39, 0.29) is 24.5 Å². The number of aryl methyl sites for hydroxylation is 1. The highest BCUT2D eigenvalue weighted by atomic mass is 32.1. The molecule has 1 saturated carbocycles. The van der Waals surface area contributed by atoms with Gasteiger partial charge < -0.3 is 14.7 Å². The van der Waals surface area contributed by atoms with E-state index in [2.05, 4.69) is 19.1 Å². The highest BCUT2D eigenvalue weighted by Gasteiger charge is 2.35. The van der Waals surface area contributed by atoms with E-state index in [0.717, 1.165) is 23.3 Å². The Labute approximate surface area is 165 Å². The first kappa shape index (κ1) is 19.4. The van der Waals surface area contributed by atoms with E-state index in [4.69, 9.17) is 0 Å². The smallest absolute Gasteiger partial charge is 0.320 e. The fraction of sp³-hybridized carbons (Fsp3) is 0.429. The molecule has 27 heavy (non-hydrogen) atoms. The van der Waals surface area contributed by atoms with Crippen LogP contribution in [-0.4, -0.2) is 53.3 Å². The minimum absolute atomic E-state index is 0.00740. The summed E-state index contributed by atoms with van der Waals surface area (Å²) < 4.78 is 0. The van der Waals surface area contributed by atoms with Crippen molar-refractivity contribution in [3.63, 3.8) is 0 Å². The van der Waals surface area contributed by atoms with Crippen LogP contribution in [0, 0.1) is 6.92 Å². The molecule has 0 unspecified atom stereocenters. The Morgan fingerprint density at radius 1 is 1.04 bits per heavy atom. The average Bonchev–Trinajstić information content (AvgIpc) is 3.41. The zero-order chi connectivity index (χ0) is 19.4. The van der Waals surface area contributed by atoms with Gasteiger partial charge >= 0.3 is 6.03 Å². The standard InChI is InChI=1S/C21H27N3O2S/c1-16-9-12-19(27-16)14-23(13-17-7-5-4-6-8-17)20(25)15-24(18-10-11-18)21(26)22(2)3/h4-9,12,18H,10-11,13-15H2,1-3H3. The van der Waals surface area contributed by atoms with Crippen molar-refractivity contribution in [3.05, 3.63) is 57.8 Å². The quantitative estimate of drug-likeness (QED) is 0.729. The van der Waals surface area contributed by atoms with E-state index in [0.29, 0.717) is 13.1 Å². The predicted octanol–water partition coefficient (Wildman–Crippen LogP) is 3.73. The molecule has 1 aromatic carbocycles. The molecule has 1 fully saturated rings. The van der Waals surface area contributed by atoms with Crippen LogP contribution in [0.1, 0.15) is 28.2 Å². The Bertz CT molecular complexity index is 784. The molecule has 0 bridgehead atoms. The summed E-state index contributed by atoms with van der Waals surface area (Å²) in [6.07, 6.45) is 1.96. The van der Waals surface area contributed by atoms with Crippen LogP contribution in [-0.2, 0) is 17.9 Å². The summed E-state index contributed by atoms with van der Waals surface area (Å²) in [6, 6.07) is 14.3. The molecule has 1 heterocycles. The van der Waals surface area contributed by atoms with Gasteiger partial charge in [0.15, 0.2) is 0 Å². The highest BCUT2D eigenvalue weighted by molar-refractivity contribution is 7.11. The van der Waals surface area contributed by atoms with Crippen molar-refractivity contribution in [1.82, 2.24) is 14.7 Å². The molecule has 1 aliphatic rings. The number of benzene rings is 1. The number of thiophene rings is 1. The fourth-order valence-corrected chi connectivity index (χ4v) is 3.94. The third-order valence-corrected chi connectivity index (χ3v) is 5.62. The normalized spacial score (nSPS) is 13.3. The van der Waals surface area contributed by atoms with Gasteiger partial charge in [0, 0.05) is 36.4 Å². The Kier molecular flexibility index (Phi) is 6.16. The number of urea groups is 1. The summed E-state index contributed by atoms with van der Waals surface area (Å²) in [5.74, 6) is -0.00740. The molecule has 0 aliphatic heterocycles. The minimum Gasteiger partial charge on any atom is -0.332 e. The lowest BCUT2D eigenvalue weighted by Gasteiger charge is -2.29. The Morgan fingerprint density at radius 2 is 1.74 bits per heavy atom. The van der Waals surface area contributed by atoms with Crippen LogP contribution >= 0.6 is 11.3 Å². The lowest BCUT2D eigenvalue weighted by Crippen LogP contribution is -2.47. The van der Waals surface area contributed by atoms with Crippen molar-refractivity contribution in [2.24, 2.45) is 0 Å². The molecule has 0 saturated heterocycles. The zero-order valence-corrected chi connectivity index (χ0v) is 17.0. The maximum atomic E-state index is 13.1. The van der Waals surface area contributed by atoms with Crippen LogP contribution in [0.2, 0.25) is 0 Å². The minimum atomic E-state index is -0.0857. The first-order chi connectivity index (χ1) is 12.9. The molecule has 6 heteroatoms. The van der Waals surface area contributed by atoms with Gasteiger partial charge in [-0.15, -0.1) is 11.3 Å². The summed E-state index contributed by atoms with van der Waals surface area (Å²) in [7, 11) is 3.47. The number of rotatable bonds is 7. The molecule has 0 spiro atoms. The molecule has 0 radical (unpaired) electrons. The maximum absolute atomic E-state index is 13.1. The van der Waals surface area contributed by atoms with E-state index in [1.165, 1.54) is 4.88 Å². The molecule has 1 aromatic heterocycles. The van der Waals surface area contributed by atoms with Crippen LogP contribution in [0.25, 0.3) is 0 Å². The third-order valence-electron chi connectivity index (χ3n) is 4.63. The van der Waals surface area contributed by atoms with E-state index in [1.54, 1.807) is 35.2 Å². The van der Waals surface area contributed by atoms with Gasteiger partial charge in [-0.25, -0.2) is 4.79 Å². The van der Waals surface area contributed by atoms with Crippen molar-refractivity contribution in [2.45, 2.75) is 38.9 Å². The fourth-order valence-electron chi connectivity index (χ4n) is 3.04. The lowest BCUT2D eigenvalue weighted by molar-refractivity contribution is -0.133. The average molecular weight is 386 g/mol. The summed E-state index contributed by atoms with van der Waals surface area (Å²) in [4.78, 5) is 33.2. The van der Waals surface area contributed by atoms with E-state index < -0.39 is 0 Å². The van der Waals surface area contributed by atoms with Gasteiger partial charge in [0.25, 0.3) is 0 Å². The van der Waals surface area contributed by atoms with E-state index >= 15 is 0 Å². The molecule has 3 rings (SSSR count). The first-order valence-corrected chi connectivity index (χ1v) is 10.1. The Hall–Kier alpha value is -2.34. The van der Waals surface area contributed by atoms with Crippen molar-refractivity contribution < 1.29 is 9.59 Å². The molecule has 3 amide bonds. The second-order valence-electron chi connectivity index (χ2n) is 7.28. The van der Waals surface area contributed by atoms with Gasteiger partial charge in [-0.2, -0.15) is 0 Å². The van der Waals surface area contributed by atoms with Crippen molar-refractivity contribution in [2.75, 3.05) is 20.6 Å². The zero-order valence-electron chi connectivity index (χ0n) is 16.2. The number of amides is 3. The Balaban J connectivity index is 1.75. The third kappa shape index (κ3) is 5.32. The highest BCUT2D eigenvalue weighted by Crippen LogP contribution is 2.28. The molecular weight excluding hydrogens is 358 g/mol. The van der Waals surface area contributed by atoms with Crippen LogP contribution in [0.4, 0.5) is 4.79 Å². The molecule has 0 atom stereocenters. The predicted molar refractivity (Wildman–Crippen MR) is 109 cm³/mol. The lowest BCUT2D eigenvalue weighted by atomic mass is 10.2. The van der Waals surface area contributed by atoms with Crippen LogP contribution in [0.3, 0.4) is 0 Å². The Morgan fingerprint density at radius 3 is 2.30 bits per heavy atom. The topological polar surface area (TPSA) is 43.9 Å². The SMILES string of the molecule is Cc1ccc(CN(Cc2ccccc2)C(=O)CN(C(=O)N(C)C)C2CC2)s1. The van der Waals surface area contributed by atoms with Crippen LogP contribution in [0.15, 0.2) is 42.5 Å². The second-order valence-corrected chi connectivity index (χ2v) is 8.66. The number of hydrogen-bond acceptors (Lipinski definition) is 3. The van der Waals surface area contributed by atoms with Gasteiger partial charge in [-0.3, -0.25) is 4.79 Å². The largest absolute Gasteiger partial charge is 0.332 e. The van der Waals surface area contributed by atoms with Crippen molar-refractivity contribution in [3.8, 4) is 0 Å². The number of carbonyl (C=O) groups excluding carboxylic acids is 2. The molecule has 1 aliphatic carbocycles. The first-order valence-electron chi connectivity index (χ1n) is 9.29. The van der Waals surface area contributed by atoms with E-state index in [1.807, 2.05) is 35.2 Å². The van der Waals surface area contributed by atoms with Gasteiger partial charge in [0.1, 0.15) is 6.54 Å². The summed E-state index contributed by atoms with van der Waals surface area (Å²) >= 11 is 1.71. The molecule has 144 valence electrons. The molecule has 0 N–H and O–H groups in total. The molecular formula is C21H27N3O2S. The van der Waals surface area contributed by atoms with Gasteiger partial charge in [-0.1, -0.05) is 30.3 Å². The molecule has 2 aromatic rings. The van der Waals surface area contributed by atoms with E-state index in [9.17, 15) is 9.59 Å². The summed E-state index contributed by atoms with van der Waals surface area (Å²) in [5.41, 5.74) is 1.09. The van der Waals surface area contributed by atoms with Crippen LogP contribution < -0.4 is 0 Å². The maximum Gasteiger partial charge on any atom is 0.320 e. The van der Waals surface area contributed by atoms with Gasteiger partial charge in [0.2, 0.25) is 5.91 Å².